The van der Waals surface area contributed by atoms with Gasteiger partial charge in [0.15, 0.2) is 0 Å². The van der Waals surface area contributed by atoms with Gasteiger partial charge in [-0.05, 0) is 31.2 Å². The molecule has 1 saturated heterocycles. The van der Waals surface area contributed by atoms with Crippen molar-refractivity contribution in [2.45, 2.75) is 31.7 Å². The minimum Gasteiger partial charge on any atom is -0.399 e. The fourth-order valence-corrected chi connectivity index (χ4v) is 2.65. The summed E-state index contributed by atoms with van der Waals surface area (Å²) in [5, 5.41) is 0. The van der Waals surface area contributed by atoms with Crippen molar-refractivity contribution in [2.75, 3.05) is 32.5 Å². The molecule has 1 atom stereocenters. The molecule has 1 aliphatic heterocycles. The summed E-state index contributed by atoms with van der Waals surface area (Å²) in [4.78, 5) is 2.42. The zero-order chi connectivity index (χ0) is 13.2. The van der Waals surface area contributed by atoms with E-state index in [0.29, 0.717) is 6.04 Å². The number of ether oxygens (including phenoxy) is 1. The van der Waals surface area contributed by atoms with Crippen molar-refractivity contribution < 1.29 is 4.74 Å². The predicted molar refractivity (Wildman–Crippen MR) is 75.7 cm³/mol. The molecule has 100 valence electrons. The van der Waals surface area contributed by atoms with E-state index in [1.54, 1.807) is 0 Å². The Hall–Kier alpha value is -1.06. The first-order valence-electron chi connectivity index (χ1n) is 6.63. The van der Waals surface area contributed by atoms with Crippen LogP contribution >= 0.6 is 0 Å². The molecular weight excluding hydrogens is 224 g/mol. The summed E-state index contributed by atoms with van der Waals surface area (Å²) in [7, 11) is 2.19. The van der Waals surface area contributed by atoms with Crippen molar-refractivity contribution >= 4 is 5.69 Å². The summed E-state index contributed by atoms with van der Waals surface area (Å²) in [5.41, 5.74) is 8.04. The Balaban J connectivity index is 2.03. The van der Waals surface area contributed by atoms with Crippen LogP contribution in [-0.4, -0.2) is 37.7 Å². The van der Waals surface area contributed by atoms with Crippen LogP contribution < -0.4 is 5.73 Å². The molecule has 1 aliphatic rings. The Morgan fingerprint density at radius 3 is 2.56 bits per heavy atom. The van der Waals surface area contributed by atoms with Crippen molar-refractivity contribution in [3.63, 3.8) is 0 Å². The Labute approximate surface area is 110 Å². The van der Waals surface area contributed by atoms with Crippen LogP contribution in [0, 0.1) is 0 Å². The standard InChI is InChI=1S/C15H24N2O/c1-15(2,12-4-6-13(16)7-5-12)11-17(3)14-8-9-18-10-14/h4-7,14H,8-11,16H2,1-3H3. The summed E-state index contributed by atoms with van der Waals surface area (Å²) in [6, 6.07) is 8.80. The van der Waals surface area contributed by atoms with Gasteiger partial charge in [0.1, 0.15) is 0 Å². The molecule has 0 aliphatic carbocycles. The van der Waals surface area contributed by atoms with Crippen molar-refractivity contribution in [2.24, 2.45) is 0 Å². The number of hydrogen-bond donors (Lipinski definition) is 1. The lowest BCUT2D eigenvalue weighted by Gasteiger charge is -2.33. The van der Waals surface area contributed by atoms with Gasteiger partial charge in [-0.1, -0.05) is 26.0 Å². The predicted octanol–water partition coefficient (Wildman–Crippen LogP) is 2.27. The van der Waals surface area contributed by atoms with E-state index in [-0.39, 0.29) is 5.41 Å². The molecule has 1 aromatic rings. The molecule has 0 amide bonds. The zero-order valence-corrected chi connectivity index (χ0v) is 11.6. The highest BCUT2D eigenvalue weighted by Crippen LogP contribution is 2.26. The minimum atomic E-state index is 0.130. The highest BCUT2D eigenvalue weighted by atomic mass is 16.5. The molecule has 1 unspecified atom stereocenters. The molecule has 0 bridgehead atoms. The van der Waals surface area contributed by atoms with E-state index in [1.165, 1.54) is 5.56 Å². The molecule has 18 heavy (non-hydrogen) atoms. The van der Waals surface area contributed by atoms with Crippen LogP contribution in [0.3, 0.4) is 0 Å². The number of nitrogens with two attached hydrogens (primary N) is 1. The number of benzene rings is 1. The van der Waals surface area contributed by atoms with Crippen LogP contribution in [0.15, 0.2) is 24.3 Å². The van der Waals surface area contributed by atoms with E-state index in [0.717, 1.165) is 31.9 Å². The van der Waals surface area contributed by atoms with Crippen LogP contribution in [0.1, 0.15) is 25.8 Å². The van der Waals surface area contributed by atoms with Gasteiger partial charge < -0.3 is 15.4 Å². The SMILES string of the molecule is CN(CC(C)(C)c1ccc(N)cc1)C1CCOC1. The third-order valence-corrected chi connectivity index (χ3v) is 3.87. The molecular formula is C15H24N2O. The molecule has 3 nitrogen and oxygen atoms in total. The molecule has 2 N–H and O–H groups in total. The Morgan fingerprint density at radius 1 is 1.33 bits per heavy atom. The number of nitrogens with zero attached hydrogens (tertiary/aromatic N) is 1. The molecule has 1 heterocycles. The lowest BCUT2D eigenvalue weighted by molar-refractivity contribution is 0.147. The van der Waals surface area contributed by atoms with Gasteiger partial charge in [0, 0.05) is 30.3 Å². The molecule has 0 saturated carbocycles. The second kappa shape index (κ2) is 5.29. The second-order valence-electron chi connectivity index (χ2n) is 5.94. The first kappa shape index (κ1) is 13.4. The van der Waals surface area contributed by atoms with Crippen LogP contribution in [-0.2, 0) is 10.2 Å². The quantitative estimate of drug-likeness (QED) is 0.831. The van der Waals surface area contributed by atoms with Gasteiger partial charge in [-0.25, -0.2) is 0 Å². The van der Waals surface area contributed by atoms with E-state index < -0.39 is 0 Å². The van der Waals surface area contributed by atoms with Crippen LogP contribution in [0.4, 0.5) is 5.69 Å². The lowest BCUT2D eigenvalue weighted by Crippen LogP contribution is -2.41. The number of hydrogen-bond acceptors (Lipinski definition) is 3. The number of likely N-dealkylation sites (N-methyl/N-ethyl adjacent to an activating group) is 1. The maximum absolute atomic E-state index is 5.74. The molecule has 0 spiro atoms. The van der Waals surface area contributed by atoms with E-state index in [4.69, 9.17) is 10.5 Å². The highest BCUT2D eigenvalue weighted by Gasteiger charge is 2.27. The van der Waals surface area contributed by atoms with Crippen LogP contribution in [0.25, 0.3) is 0 Å². The van der Waals surface area contributed by atoms with Crippen LogP contribution in [0.5, 0.6) is 0 Å². The van der Waals surface area contributed by atoms with Gasteiger partial charge >= 0.3 is 0 Å². The normalized spacial score (nSPS) is 20.6. The van der Waals surface area contributed by atoms with Crippen molar-refractivity contribution in [1.29, 1.82) is 0 Å². The molecule has 2 rings (SSSR count). The number of nitrogen functional groups attached to an aromatic ring is 1. The van der Waals surface area contributed by atoms with Gasteiger partial charge in [0.25, 0.3) is 0 Å². The third kappa shape index (κ3) is 3.03. The summed E-state index contributed by atoms with van der Waals surface area (Å²) in [6.07, 6.45) is 1.15. The number of anilines is 1. The maximum Gasteiger partial charge on any atom is 0.0622 e. The van der Waals surface area contributed by atoms with Crippen molar-refractivity contribution in [3.8, 4) is 0 Å². The molecule has 1 aromatic carbocycles. The van der Waals surface area contributed by atoms with Crippen LogP contribution in [0.2, 0.25) is 0 Å². The van der Waals surface area contributed by atoms with Gasteiger partial charge in [-0.3, -0.25) is 0 Å². The Kier molecular flexibility index (Phi) is 3.93. The number of rotatable bonds is 4. The average molecular weight is 248 g/mol. The molecule has 1 fully saturated rings. The lowest BCUT2D eigenvalue weighted by atomic mass is 9.83. The van der Waals surface area contributed by atoms with Crippen molar-refractivity contribution in [3.05, 3.63) is 29.8 Å². The first-order chi connectivity index (χ1) is 8.49. The summed E-state index contributed by atoms with van der Waals surface area (Å²) in [5.74, 6) is 0. The molecule has 3 heteroatoms. The fraction of sp³-hybridized carbons (Fsp3) is 0.600. The topological polar surface area (TPSA) is 38.5 Å². The van der Waals surface area contributed by atoms with Gasteiger partial charge in [0.05, 0.1) is 6.61 Å². The summed E-state index contributed by atoms with van der Waals surface area (Å²) in [6.45, 7) is 7.37. The van der Waals surface area contributed by atoms with Gasteiger partial charge in [-0.2, -0.15) is 0 Å². The van der Waals surface area contributed by atoms with E-state index in [2.05, 4.69) is 37.9 Å². The average Bonchev–Trinajstić information content (AvgIpc) is 2.82. The van der Waals surface area contributed by atoms with Crippen molar-refractivity contribution in [1.82, 2.24) is 4.90 Å². The molecule has 0 radical (unpaired) electrons. The molecule has 0 aromatic heterocycles. The Bertz CT molecular complexity index is 380. The summed E-state index contributed by atoms with van der Waals surface area (Å²) >= 11 is 0. The van der Waals surface area contributed by atoms with E-state index in [1.807, 2.05) is 12.1 Å². The second-order valence-corrected chi connectivity index (χ2v) is 5.94. The highest BCUT2D eigenvalue weighted by molar-refractivity contribution is 5.41. The van der Waals surface area contributed by atoms with E-state index in [9.17, 15) is 0 Å². The Morgan fingerprint density at radius 2 is 2.00 bits per heavy atom. The monoisotopic (exact) mass is 248 g/mol. The first-order valence-corrected chi connectivity index (χ1v) is 6.63. The summed E-state index contributed by atoms with van der Waals surface area (Å²) < 4.78 is 5.46. The van der Waals surface area contributed by atoms with Gasteiger partial charge in [-0.15, -0.1) is 0 Å². The smallest absolute Gasteiger partial charge is 0.0622 e. The third-order valence-electron chi connectivity index (χ3n) is 3.87. The zero-order valence-electron chi connectivity index (χ0n) is 11.6. The van der Waals surface area contributed by atoms with E-state index >= 15 is 0 Å². The maximum atomic E-state index is 5.74. The largest absolute Gasteiger partial charge is 0.399 e. The minimum absolute atomic E-state index is 0.130. The fourth-order valence-electron chi connectivity index (χ4n) is 2.65. The van der Waals surface area contributed by atoms with Gasteiger partial charge in [0.2, 0.25) is 0 Å².